The van der Waals surface area contributed by atoms with Crippen LogP contribution < -0.4 is 0 Å². The minimum absolute atomic E-state index is 0. The Morgan fingerprint density at radius 3 is 1.70 bits per heavy atom. The topological polar surface area (TPSA) is 23.8 Å². The molecule has 0 saturated heterocycles. The second-order valence-electron chi connectivity index (χ2n) is 1.49. The minimum Gasteiger partial charge on any atom is -0.680 e. The Hall–Kier alpha value is 0.245. The molecule has 0 atom stereocenters. The number of rotatable bonds is 0. The molecule has 1 nitrogen and oxygen atoms in total. The van der Waals surface area contributed by atoms with Gasteiger partial charge in [0.2, 0.25) is 0 Å². The molecule has 0 heterocycles. The summed E-state index contributed by atoms with van der Waals surface area (Å²) < 4.78 is 0. The zero-order valence-corrected chi connectivity index (χ0v) is 9.80. The standard InChI is InChI=1S/C7H7.CH4N.La/c1-7-5-3-2-4-6-7;1-2;/h2-6H,1H2;2H,1H3;/q2*-1;. The molecule has 1 aromatic carbocycles. The molecule has 1 aromatic rings. The van der Waals surface area contributed by atoms with Gasteiger partial charge in [0.1, 0.15) is 0 Å². The van der Waals surface area contributed by atoms with Crippen LogP contribution in [0.25, 0.3) is 5.73 Å². The first-order valence-electron chi connectivity index (χ1n) is 2.76. The zero-order chi connectivity index (χ0) is 7.11. The van der Waals surface area contributed by atoms with E-state index in [4.69, 9.17) is 5.73 Å². The van der Waals surface area contributed by atoms with Crippen molar-refractivity contribution in [2.45, 2.75) is 0 Å². The van der Waals surface area contributed by atoms with Crippen LogP contribution in [0.2, 0.25) is 0 Å². The number of nitrogens with one attached hydrogen (secondary N) is 1. The predicted octanol–water partition coefficient (Wildman–Crippen LogP) is 2.54. The summed E-state index contributed by atoms with van der Waals surface area (Å²) in [6.45, 7) is 3.72. The maximum Gasteiger partial charge on any atom is 0 e. The van der Waals surface area contributed by atoms with Crippen molar-refractivity contribution in [1.29, 1.82) is 0 Å². The molecule has 0 fully saturated rings. The van der Waals surface area contributed by atoms with Crippen molar-refractivity contribution in [2.75, 3.05) is 7.05 Å². The summed E-state index contributed by atoms with van der Waals surface area (Å²) in [7, 11) is 1.25. The second kappa shape index (κ2) is 9.24. The third-order valence-corrected chi connectivity index (χ3v) is 0.843. The molecule has 0 aliphatic carbocycles. The van der Waals surface area contributed by atoms with E-state index in [9.17, 15) is 0 Å². The van der Waals surface area contributed by atoms with Gasteiger partial charge < -0.3 is 5.73 Å². The Morgan fingerprint density at radius 2 is 1.50 bits per heavy atom. The van der Waals surface area contributed by atoms with E-state index in [0.717, 1.165) is 5.56 Å². The Kier molecular flexibility index (Phi) is 11.9. The van der Waals surface area contributed by atoms with Gasteiger partial charge in [-0.15, -0.1) is 12.1 Å². The second-order valence-corrected chi connectivity index (χ2v) is 1.49. The predicted molar refractivity (Wildman–Crippen MR) is 41.1 cm³/mol. The quantitative estimate of drug-likeness (QED) is 0.640. The van der Waals surface area contributed by atoms with E-state index in [1.165, 1.54) is 7.05 Å². The SMILES string of the molecule is C[NH-].[CH2-]c1ccccc1.[La]. The third-order valence-electron chi connectivity index (χ3n) is 0.843. The molecular weight excluding hydrogens is 249 g/mol. The van der Waals surface area contributed by atoms with Gasteiger partial charge >= 0.3 is 0 Å². The molecule has 53 valence electrons. The molecule has 2 heteroatoms. The van der Waals surface area contributed by atoms with E-state index in [-0.39, 0.29) is 35.6 Å². The zero-order valence-electron chi connectivity index (χ0n) is 6.17. The van der Waals surface area contributed by atoms with Crippen LogP contribution in [0.15, 0.2) is 30.3 Å². The van der Waals surface area contributed by atoms with Gasteiger partial charge in [0.25, 0.3) is 0 Å². The van der Waals surface area contributed by atoms with Crippen LogP contribution in [-0.4, -0.2) is 7.05 Å². The summed E-state index contributed by atoms with van der Waals surface area (Å²) in [5, 5.41) is 0. The summed E-state index contributed by atoms with van der Waals surface area (Å²) >= 11 is 0. The van der Waals surface area contributed by atoms with Crippen molar-refractivity contribution in [1.82, 2.24) is 0 Å². The number of benzene rings is 1. The maximum absolute atomic E-state index is 5.75. The van der Waals surface area contributed by atoms with Crippen LogP contribution in [0.5, 0.6) is 0 Å². The van der Waals surface area contributed by atoms with E-state index >= 15 is 0 Å². The van der Waals surface area contributed by atoms with E-state index in [1.807, 2.05) is 30.3 Å². The van der Waals surface area contributed by atoms with Crippen molar-refractivity contribution in [3.63, 3.8) is 0 Å². The molecule has 0 amide bonds. The summed E-state index contributed by atoms with van der Waals surface area (Å²) in [5.74, 6) is 0. The van der Waals surface area contributed by atoms with Gasteiger partial charge in [-0.1, -0.05) is 6.07 Å². The van der Waals surface area contributed by atoms with E-state index in [1.54, 1.807) is 0 Å². The van der Waals surface area contributed by atoms with Crippen LogP contribution in [0, 0.1) is 42.5 Å². The maximum atomic E-state index is 5.75. The fourth-order valence-electron chi connectivity index (χ4n) is 0.478. The molecule has 0 spiro atoms. The van der Waals surface area contributed by atoms with Gasteiger partial charge in [-0.3, -0.25) is 0 Å². The fourth-order valence-corrected chi connectivity index (χ4v) is 0.478. The fraction of sp³-hybridized carbons (Fsp3) is 0.125. The Morgan fingerprint density at radius 1 is 1.10 bits per heavy atom. The van der Waals surface area contributed by atoms with Gasteiger partial charge in [0.15, 0.2) is 0 Å². The van der Waals surface area contributed by atoms with Crippen molar-refractivity contribution >= 4 is 0 Å². The average Bonchev–Trinajstić information content (AvgIpc) is 1.94. The molecule has 0 saturated carbocycles. The average molecular weight is 260 g/mol. The summed E-state index contributed by atoms with van der Waals surface area (Å²) in [4.78, 5) is 0. The van der Waals surface area contributed by atoms with Gasteiger partial charge in [-0.05, 0) is 0 Å². The molecular formula is C8H11LaN-2. The van der Waals surface area contributed by atoms with Crippen molar-refractivity contribution in [2.24, 2.45) is 0 Å². The summed E-state index contributed by atoms with van der Waals surface area (Å²) in [5.41, 5.74) is 6.82. The summed E-state index contributed by atoms with van der Waals surface area (Å²) in [6, 6.07) is 9.87. The molecule has 0 bridgehead atoms. The minimum atomic E-state index is 0. The van der Waals surface area contributed by atoms with Gasteiger partial charge in [-0.25, -0.2) is 0 Å². The number of hydrogen-bond donors (Lipinski definition) is 0. The van der Waals surface area contributed by atoms with Crippen molar-refractivity contribution in [3.8, 4) is 0 Å². The molecule has 1 rings (SSSR count). The molecule has 1 N–H and O–H groups in total. The first-order valence-corrected chi connectivity index (χ1v) is 2.76. The van der Waals surface area contributed by atoms with Crippen LogP contribution in [0.4, 0.5) is 0 Å². The van der Waals surface area contributed by atoms with E-state index in [0.29, 0.717) is 0 Å². The van der Waals surface area contributed by atoms with Gasteiger partial charge in [0.05, 0.1) is 0 Å². The van der Waals surface area contributed by atoms with Crippen LogP contribution in [-0.2, 0) is 0 Å². The smallest absolute Gasteiger partial charge is 0 e. The van der Waals surface area contributed by atoms with E-state index in [2.05, 4.69) is 6.92 Å². The molecule has 0 aromatic heterocycles. The third kappa shape index (κ3) is 6.37. The first-order chi connectivity index (χ1) is 4.39. The Labute approximate surface area is 90.6 Å². The summed E-state index contributed by atoms with van der Waals surface area (Å²) in [6.07, 6.45) is 0. The molecule has 0 unspecified atom stereocenters. The molecule has 10 heavy (non-hydrogen) atoms. The van der Waals surface area contributed by atoms with Gasteiger partial charge in [-0.2, -0.15) is 31.7 Å². The van der Waals surface area contributed by atoms with Crippen molar-refractivity contribution < 1.29 is 35.6 Å². The van der Waals surface area contributed by atoms with Crippen LogP contribution >= 0.6 is 0 Å². The van der Waals surface area contributed by atoms with Crippen molar-refractivity contribution in [3.05, 3.63) is 48.6 Å². The molecule has 0 aliphatic rings. The normalized spacial score (nSPS) is 6.60. The molecule has 1 radical (unpaired) electrons. The van der Waals surface area contributed by atoms with Gasteiger partial charge in [0, 0.05) is 35.6 Å². The van der Waals surface area contributed by atoms with Crippen LogP contribution in [0.1, 0.15) is 5.56 Å². The van der Waals surface area contributed by atoms with E-state index < -0.39 is 0 Å². The first kappa shape index (κ1) is 12.9. The Bertz CT molecular complexity index is 139. The Balaban J connectivity index is 0. The number of hydrogen-bond acceptors (Lipinski definition) is 0. The monoisotopic (exact) mass is 260 g/mol. The molecule has 0 aliphatic heterocycles. The largest absolute Gasteiger partial charge is 0.680 e. The van der Waals surface area contributed by atoms with Crippen LogP contribution in [0.3, 0.4) is 0 Å².